The van der Waals surface area contributed by atoms with Crippen LogP contribution in [0.5, 0.6) is 0 Å². The van der Waals surface area contributed by atoms with E-state index in [1.54, 1.807) is 11.8 Å². The molecule has 0 radical (unpaired) electrons. The molecule has 0 saturated heterocycles. The van der Waals surface area contributed by atoms with Crippen LogP contribution in [0.1, 0.15) is 23.5 Å². The molecule has 1 heterocycles. The van der Waals surface area contributed by atoms with Crippen LogP contribution < -0.4 is 16.4 Å². The number of nitrogens with two attached hydrogens (primary N) is 1. The molecule has 0 aliphatic heterocycles. The van der Waals surface area contributed by atoms with Crippen LogP contribution in [0.3, 0.4) is 0 Å². The van der Waals surface area contributed by atoms with Gasteiger partial charge in [-0.1, -0.05) is 17.4 Å². The Kier molecular flexibility index (Phi) is 6.72. The van der Waals surface area contributed by atoms with Crippen molar-refractivity contribution in [2.24, 2.45) is 0 Å². The molecule has 0 aliphatic carbocycles. The van der Waals surface area contributed by atoms with E-state index in [4.69, 9.17) is 5.73 Å². The molecule has 19 heavy (non-hydrogen) atoms. The highest BCUT2D eigenvalue weighted by Gasteiger charge is 2.15. The molecule has 1 aromatic rings. The molecule has 0 bridgehead atoms. The van der Waals surface area contributed by atoms with Gasteiger partial charge in [-0.05, 0) is 13.8 Å². The normalized spacial score (nSPS) is 10.5. The number of carbonyl (C=O) groups is 1. The average Bonchev–Trinajstić information content (AvgIpc) is 2.68. The minimum absolute atomic E-state index is 0.161. The molecule has 1 rings (SSSR count). The van der Waals surface area contributed by atoms with Crippen LogP contribution in [0.2, 0.25) is 0 Å². The SMILES string of the molecule is C=CCSCCNC(=O)c1sc(NC(C)C)nc1N. The number of aromatic nitrogens is 1. The van der Waals surface area contributed by atoms with Crippen molar-refractivity contribution in [3.8, 4) is 0 Å². The molecule has 0 aliphatic rings. The highest BCUT2D eigenvalue weighted by atomic mass is 32.2. The van der Waals surface area contributed by atoms with Crippen LogP contribution >= 0.6 is 23.1 Å². The first-order valence-electron chi connectivity index (χ1n) is 6.04. The first-order chi connectivity index (χ1) is 9.04. The largest absolute Gasteiger partial charge is 0.382 e. The van der Waals surface area contributed by atoms with E-state index in [0.717, 1.165) is 11.5 Å². The molecule has 1 aromatic heterocycles. The van der Waals surface area contributed by atoms with Crippen LogP contribution in [-0.2, 0) is 0 Å². The predicted molar refractivity (Wildman–Crippen MR) is 85.1 cm³/mol. The molecule has 1 amide bonds. The molecular weight excluding hydrogens is 280 g/mol. The molecule has 0 unspecified atom stereocenters. The summed E-state index contributed by atoms with van der Waals surface area (Å²) in [6.07, 6.45) is 1.84. The topological polar surface area (TPSA) is 80.0 Å². The standard InChI is InChI=1S/C12H20N4OS2/c1-4-6-18-7-5-14-11(17)9-10(13)16-12(19-9)15-8(2)3/h4,8H,1,5-7,13H2,2-3H3,(H,14,17)(H,15,16). The van der Waals surface area contributed by atoms with Gasteiger partial charge in [0.25, 0.3) is 5.91 Å². The van der Waals surface area contributed by atoms with E-state index in [2.05, 4.69) is 22.2 Å². The Balaban J connectivity index is 2.47. The maximum atomic E-state index is 11.9. The Morgan fingerprint density at radius 3 is 3.00 bits per heavy atom. The minimum Gasteiger partial charge on any atom is -0.382 e. The quantitative estimate of drug-likeness (QED) is 0.506. The fraction of sp³-hybridized carbons (Fsp3) is 0.500. The number of rotatable bonds is 8. The lowest BCUT2D eigenvalue weighted by atomic mass is 10.4. The third-order valence-corrected chi connectivity index (χ3v) is 4.00. The van der Waals surface area contributed by atoms with E-state index in [0.29, 0.717) is 16.6 Å². The number of thiazole rings is 1. The molecule has 0 aromatic carbocycles. The summed E-state index contributed by atoms with van der Waals surface area (Å²) in [4.78, 5) is 16.5. The summed E-state index contributed by atoms with van der Waals surface area (Å²) in [5, 5.41) is 6.65. The van der Waals surface area contributed by atoms with Crippen molar-refractivity contribution in [1.82, 2.24) is 10.3 Å². The second-order valence-electron chi connectivity index (χ2n) is 4.15. The van der Waals surface area contributed by atoms with E-state index in [1.807, 2.05) is 19.9 Å². The molecule has 106 valence electrons. The summed E-state index contributed by atoms with van der Waals surface area (Å²) in [5.74, 6) is 1.87. The van der Waals surface area contributed by atoms with Crippen molar-refractivity contribution in [2.45, 2.75) is 19.9 Å². The Morgan fingerprint density at radius 2 is 2.37 bits per heavy atom. The van der Waals surface area contributed by atoms with Crippen LogP contribution in [0.15, 0.2) is 12.7 Å². The molecular formula is C12H20N4OS2. The monoisotopic (exact) mass is 300 g/mol. The fourth-order valence-corrected chi connectivity index (χ4v) is 2.81. The van der Waals surface area contributed by atoms with Crippen molar-refractivity contribution in [1.29, 1.82) is 0 Å². The first kappa shape index (κ1) is 15.8. The van der Waals surface area contributed by atoms with E-state index in [1.165, 1.54) is 11.3 Å². The van der Waals surface area contributed by atoms with Gasteiger partial charge in [-0.3, -0.25) is 4.79 Å². The number of nitrogens with one attached hydrogen (secondary N) is 2. The van der Waals surface area contributed by atoms with Crippen molar-refractivity contribution in [2.75, 3.05) is 29.1 Å². The number of nitrogens with zero attached hydrogens (tertiary/aromatic N) is 1. The van der Waals surface area contributed by atoms with Crippen molar-refractivity contribution < 1.29 is 4.79 Å². The Bertz CT molecular complexity index is 431. The zero-order chi connectivity index (χ0) is 14.3. The van der Waals surface area contributed by atoms with Gasteiger partial charge >= 0.3 is 0 Å². The molecule has 0 saturated carbocycles. The summed E-state index contributed by atoms with van der Waals surface area (Å²) in [7, 11) is 0. The predicted octanol–water partition coefficient (Wildman–Crippen LogP) is 2.19. The van der Waals surface area contributed by atoms with Gasteiger partial charge in [0.2, 0.25) is 0 Å². The van der Waals surface area contributed by atoms with Crippen LogP contribution in [0.25, 0.3) is 0 Å². The maximum Gasteiger partial charge on any atom is 0.265 e. The van der Waals surface area contributed by atoms with Crippen LogP contribution in [-0.4, -0.2) is 35.0 Å². The summed E-state index contributed by atoms with van der Waals surface area (Å²) < 4.78 is 0. The van der Waals surface area contributed by atoms with Gasteiger partial charge in [-0.15, -0.1) is 6.58 Å². The molecule has 4 N–H and O–H groups in total. The number of hydrogen-bond donors (Lipinski definition) is 3. The van der Waals surface area contributed by atoms with Gasteiger partial charge in [0.15, 0.2) is 5.13 Å². The van der Waals surface area contributed by atoms with Gasteiger partial charge in [0.1, 0.15) is 10.7 Å². The summed E-state index contributed by atoms with van der Waals surface area (Å²) in [6.45, 7) is 8.27. The van der Waals surface area contributed by atoms with Gasteiger partial charge < -0.3 is 16.4 Å². The summed E-state index contributed by atoms with van der Waals surface area (Å²) in [6, 6.07) is 0.261. The van der Waals surface area contributed by atoms with E-state index < -0.39 is 0 Å². The number of nitrogen functional groups attached to an aromatic ring is 1. The summed E-state index contributed by atoms with van der Waals surface area (Å²) >= 11 is 3.00. The first-order valence-corrected chi connectivity index (χ1v) is 8.01. The number of carbonyl (C=O) groups excluding carboxylic acids is 1. The van der Waals surface area contributed by atoms with E-state index in [-0.39, 0.29) is 17.8 Å². The van der Waals surface area contributed by atoms with E-state index in [9.17, 15) is 4.79 Å². The third kappa shape index (κ3) is 5.52. The average molecular weight is 300 g/mol. The third-order valence-electron chi connectivity index (χ3n) is 2.04. The smallest absolute Gasteiger partial charge is 0.265 e. The van der Waals surface area contributed by atoms with Crippen molar-refractivity contribution in [3.63, 3.8) is 0 Å². The lowest BCUT2D eigenvalue weighted by Gasteiger charge is -2.04. The summed E-state index contributed by atoms with van der Waals surface area (Å²) in [5.41, 5.74) is 5.75. The van der Waals surface area contributed by atoms with Crippen molar-refractivity contribution >= 4 is 40.0 Å². The van der Waals surface area contributed by atoms with Crippen LogP contribution in [0, 0.1) is 0 Å². The minimum atomic E-state index is -0.161. The maximum absolute atomic E-state index is 11.9. The zero-order valence-electron chi connectivity index (χ0n) is 11.2. The van der Waals surface area contributed by atoms with Crippen molar-refractivity contribution in [3.05, 3.63) is 17.5 Å². The van der Waals surface area contributed by atoms with E-state index >= 15 is 0 Å². The van der Waals surface area contributed by atoms with Gasteiger partial charge in [-0.25, -0.2) is 4.98 Å². The van der Waals surface area contributed by atoms with Gasteiger partial charge in [0, 0.05) is 24.1 Å². The number of amides is 1. The molecule has 0 spiro atoms. The molecule has 5 nitrogen and oxygen atoms in total. The zero-order valence-corrected chi connectivity index (χ0v) is 12.9. The lowest BCUT2D eigenvalue weighted by Crippen LogP contribution is -2.25. The lowest BCUT2D eigenvalue weighted by molar-refractivity contribution is 0.0961. The molecule has 0 fully saturated rings. The second kappa shape index (κ2) is 8.06. The Hall–Kier alpha value is -1.21. The molecule has 0 atom stereocenters. The number of anilines is 2. The Morgan fingerprint density at radius 1 is 1.63 bits per heavy atom. The van der Waals surface area contributed by atoms with Gasteiger partial charge in [0.05, 0.1) is 0 Å². The second-order valence-corrected chi connectivity index (χ2v) is 6.30. The fourth-order valence-electron chi connectivity index (χ4n) is 1.29. The highest BCUT2D eigenvalue weighted by Crippen LogP contribution is 2.25. The highest BCUT2D eigenvalue weighted by molar-refractivity contribution is 7.99. The van der Waals surface area contributed by atoms with Crippen LogP contribution in [0.4, 0.5) is 10.9 Å². The van der Waals surface area contributed by atoms with Gasteiger partial charge in [-0.2, -0.15) is 11.8 Å². The number of thioether (sulfide) groups is 1. The Labute approximate surface area is 122 Å². The molecule has 7 heteroatoms. The number of hydrogen-bond acceptors (Lipinski definition) is 6.